The Morgan fingerprint density at radius 3 is 2.15 bits per heavy atom. The lowest BCUT2D eigenvalue weighted by Crippen LogP contribution is -2.63. The maximum atomic E-state index is 14.3. The number of carbonyl (C=O) groups is 7. The average molecular weight is 1040 g/mol. The van der Waals surface area contributed by atoms with Crippen molar-refractivity contribution in [2.24, 2.45) is 16.5 Å². The maximum Gasteiger partial charge on any atom is 0.407 e. The second-order valence-electron chi connectivity index (χ2n) is 18.4. The molecule has 6 amide bonds. The summed E-state index contributed by atoms with van der Waals surface area (Å²) in [4.78, 5) is 96.8. The van der Waals surface area contributed by atoms with Crippen molar-refractivity contribution in [1.29, 1.82) is 0 Å². The predicted molar refractivity (Wildman–Crippen MR) is 266 cm³/mol. The highest BCUT2D eigenvalue weighted by molar-refractivity contribution is 5.94. The number of carbonyl (C=O) groups excluding carboxylic acids is 6. The van der Waals surface area contributed by atoms with Crippen LogP contribution in [0.1, 0.15) is 78.9 Å². The van der Waals surface area contributed by atoms with Gasteiger partial charge in [-0.3, -0.25) is 33.8 Å². The minimum absolute atomic E-state index is 0.00760. The van der Waals surface area contributed by atoms with Crippen LogP contribution >= 0.6 is 0 Å². The number of hydrogen-bond acceptors (Lipinski definition) is 15. The number of alkyl carbamates (subject to hydrolysis) is 1. The van der Waals surface area contributed by atoms with E-state index in [1.165, 1.54) is 10.9 Å². The van der Waals surface area contributed by atoms with Gasteiger partial charge in [0.15, 0.2) is 12.1 Å². The zero-order valence-corrected chi connectivity index (χ0v) is 40.7. The standard InChI is InChI=1S/C50H62N12O13/c51-49(52)54-20-10-17-33-45(69)55-24-39(63)57-35(22-40(64)65)46(70)59-34(21-27-11-2-1-3-12-27)36-25-62(61-60-36)37(47(71)58-33)18-8-9-19-53-48(72)44-43(68)42(67)41(66)38(75-44)23-56-50(73)74-26-32-30-15-6-4-13-28(30)29-14-5-7-16-31(29)32/h1-7,11-16,25,32-35,37-38,41-44,66-68H,8-10,17-24,26H2,(H,53,72)(H,55,69)(H,56,73)(H,57,63)(H,58,71)(H,59,70)(H,64,65)(H4,51,52,54)/t33-,34-,35-,37-,38+,41+,42?,43-,44?/m0/s1. The Bertz CT molecular complexity index is 2660. The summed E-state index contributed by atoms with van der Waals surface area (Å²) in [5.41, 5.74) is 16.0. The van der Waals surface area contributed by atoms with E-state index in [4.69, 9.17) is 20.9 Å². The number of aliphatic imine (C=N–C) groups is 1. The van der Waals surface area contributed by atoms with E-state index >= 15 is 0 Å². The van der Waals surface area contributed by atoms with E-state index in [0.717, 1.165) is 27.8 Å². The second kappa shape index (κ2) is 25.8. The summed E-state index contributed by atoms with van der Waals surface area (Å²) in [5.74, 6) is -5.80. The van der Waals surface area contributed by atoms with Crippen LogP contribution in [-0.4, -0.2) is 158 Å². The van der Waals surface area contributed by atoms with E-state index < -0.39 is 109 Å². The fourth-order valence-corrected chi connectivity index (χ4v) is 9.24. The molecule has 1 aliphatic carbocycles. The van der Waals surface area contributed by atoms with E-state index in [1.54, 1.807) is 30.3 Å². The number of nitrogens with zero attached hydrogens (tertiary/aromatic N) is 4. The number of hydrogen-bond donors (Lipinski definition) is 12. The summed E-state index contributed by atoms with van der Waals surface area (Å²) in [5, 5.41) is 66.0. The Hall–Kier alpha value is -8.00. The first-order chi connectivity index (χ1) is 36.1. The van der Waals surface area contributed by atoms with Gasteiger partial charge in [-0.05, 0) is 66.3 Å². The molecule has 2 unspecified atom stereocenters. The molecule has 3 aliphatic rings. The van der Waals surface area contributed by atoms with Gasteiger partial charge in [-0.15, -0.1) is 5.10 Å². The molecule has 2 bridgehead atoms. The minimum atomic E-state index is -1.84. The Kier molecular flexibility index (Phi) is 18.8. The van der Waals surface area contributed by atoms with Gasteiger partial charge in [0.2, 0.25) is 23.6 Å². The molecule has 3 aromatic carbocycles. The Balaban J connectivity index is 1.00. The Labute approximate surface area is 430 Å². The summed E-state index contributed by atoms with van der Waals surface area (Å²) in [6.45, 7) is -0.963. The third-order valence-corrected chi connectivity index (χ3v) is 13.1. The van der Waals surface area contributed by atoms with Gasteiger partial charge in [-0.1, -0.05) is 84.1 Å². The van der Waals surface area contributed by atoms with Crippen LogP contribution in [0.2, 0.25) is 0 Å². The monoisotopic (exact) mass is 1040 g/mol. The quantitative estimate of drug-likeness (QED) is 0.0307. The molecule has 1 fully saturated rings. The molecule has 1 aromatic heterocycles. The number of aliphatic carboxylic acids is 1. The molecule has 4 aromatic rings. The van der Waals surface area contributed by atoms with Crippen molar-refractivity contribution >= 4 is 47.6 Å². The smallest absolute Gasteiger partial charge is 0.407 e. The number of fused-ring (bicyclic) bond motifs is 5. The number of aliphatic hydroxyl groups is 3. The van der Waals surface area contributed by atoms with Gasteiger partial charge in [0, 0.05) is 25.6 Å². The molecule has 14 N–H and O–H groups in total. The summed E-state index contributed by atoms with van der Waals surface area (Å²) >= 11 is 0. The molecule has 25 heteroatoms. The van der Waals surface area contributed by atoms with Crippen LogP contribution < -0.4 is 43.4 Å². The summed E-state index contributed by atoms with van der Waals surface area (Å²) < 4.78 is 12.6. The number of carboxylic acid groups (broad SMARTS) is 1. The molecule has 7 rings (SSSR count). The number of benzene rings is 3. The van der Waals surface area contributed by atoms with Crippen LogP contribution in [0.15, 0.2) is 90.1 Å². The van der Waals surface area contributed by atoms with Crippen LogP contribution in [0.4, 0.5) is 4.79 Å². The number of amides is 6. The molecule has 9 atom stereocenters. The number of unbranched alkanes of at least 4 members (excludes halogenated alkanes) is 1. The van der Waals surface area contributed by atoms with Gasteiger partial charge in [-0.2, -0.15) is 0 Å². The van der Waals surface area contributed by atoms with Crippen molar-refractivity contribution in [3.05, 3.63) is 107 Å². The van der Waals surface area contributed by atoms with Crippen molar-refractivity contribution < 1.29 is 63.5 Å². The van der Waals surface area contributed by atoms with Crippen molar-refractivity contribution in [2.75, 3.05) is 32.8 Å². The third-order valence-electron chi connectivity index (χ3n) is 13.1. The van der Waals surface area contributed by atoms with E-state index in [2.05, 4.69) is 47.2 Å². The maximum absolute atomic E-state index is 14.3. The fraction of sp³-hybridized carbons (Fsp3) is 0.440. The molecule has 1 saturated heterocycles. The molecule has 25 nitrogen and oxygen atoms in total. The van der Waals surface area contributed by atoms with Gasteiger partial charge in [0.05, 0.1) is 25.2 Å². The van der Waals surface area contributed by atoms with E-state index in [0.29, 0.717) is 0 Å². The molecule has 75 heavy (non-hydrogen) atoms. The molecular weight excluding hydrogens is 977 g/mol. The number of nitrogens with two attached hydrogens (primary N) is 2. The van der Waals surface area contributed by atoms with E-state index in [1.807, 2.05) is 48.5 Å². The van der Waals surface area contributed by atoms with Crippen LogP contribution in [0.5, 0.6) is 0 Å². The molecule has 3 heterocycles. The molecule has 400 valence electrons. The topological polar surface area (TPSA) is 386 Å². The Morgan fingerprint density at radius 2 is 1.45 bits per heavy atom. The molecule has 2 aliphatic heterocycles. The first-order valence-corrected chi connectivity index (χ1v) is 24.5. The number of carboxylic acids is 1. The zero-order valence-electron chi connectivity index (χ0n) is 40.7. The van der Waals surface area contributed by atoms with Gasteiger partial charge in [-0.25, -0.2) is 9.48 Å². The van der Waals surface area contributed by atoms with Crippen molar-refractivity contribution in [1.82, 2.24) is 46.9 Å². The third kappa shape index (κ3) is 14.4. The van der Waals surface area contributed by atoms with Gasteiger partial charge < -0.3 is 73.3 Å². The van der Waals surface area contributed by atoms with Crippen LogP contribution in [0.25, 0.3) is 11.1 Å². The summed E-state index contributed by atoms with van der Waals surface area (Å²) in [6, 6.07) is 19.7. The molecular formula is C50H62N12O13. The highest BCUT2D eigenvalue weighted by Crippen LogP contribution is 2.44. The van der Waals surface area contributed by atoms with E-state index in [-0.39, 0.29) is 82.3 Å². The predicted octanol–water partition coefficient (Wildman–Crippen LogP) is -1.48. The van der Waals surface area contributed by atoms with Crippen LogP contribution in [0.3, 0.4) is 0 Å². The molecule has 0 spiro atoms. The number of nitrogens with one attached hydrogen (secondary N) is 6. The SMILES string of the molecule is NC(N)=NCCC[C@@H]1NC(=O)[C@H](CCCCNC(=O)C2O[C@H](CNC(=O)OCC3c4ccccc4-c4ccccc43)[C@@H](O)C(O)[C@@H]2O)n2cc(nn2)[C@H](Cc2ccccc2)NC(=O)[C@H](CC(=O)O)NC(=O)CNC1=O. The minimum Gasteiger partial charge on any atom is -0.481 e. The lowest BCUT2D eigenvalue weighted by molar-refractivity contribution is -0.218. The number of guanidine groups is 1. The normalized spacial score (nSPS) is 24.0. The van der Waals surface area contributed by atoms with Crippen LogP contribution in [0, 0.1) is 0 Å². The van der Waals surface area contributed by atoms with Crippen molar-refractivity contribution in [2.45, 2.75) is 106 Å². The van der Waals surface area contributed by atoms with Crippen LogP contribution in [-0.2, 0) is 44.7 Å². The van der Waals surface area contributed by atoms with Gasteiger partial charge >= 0.3 is 12.1 Å². The highest BCUT2D eigenvalue weighted by atomic mass is 16.6. The highest BCUT2D eigenvalue weighted by Gasteiger charge is 2.47. The second-order valence-corrected chi connectivity index (χ2v) is 18.4. The number of rotatable bonds is 18. The lowest BCUT2D eigenvalue weighted by Gasteiger charge is -2.39. The fourth-order valence-electron chi connectivity index (χ4n) is 9.24. The van der Waals surface area contributed by atoms with Crippen molar-refractivity contribution in [3.63, 3.8) is 0 Å². The first kappa shape index (κ1) is 54.8. The molecule has 0 radical (unpaired) electrons. The number of ether oxygens (including phenoxy) is 2. The number of aliphatic hydroxyl groups excluding tert-OH is 3. The van der Waals surface area contributed by atoms with E-state index in [9.17, 15) is 54.0 Å². The first-order valence-electron chi connectivity index (χ1n) is 24.5. The number of aromatic nitrogens is 3. The zero-order chi connectivity index (χ0) is 53.6. The Morgan fingerprint density at radius 1 is 0.773 bits per heavy atom. The van der Waals surface area contributed by atoms with Crippen molar-refractivity contribution in [3.8, 4) is 11.1 Å². The summed E-state index contributed by atoms with van der Waals surface area (Å²) in [6.07, 6.45) is -7.63. The average Bonchev–Trinajstić information content (AvgIpc) is 4.01. The summed E-state index contributed by atoms with van der Waals surface area (Å²) in [7, 11) is 0. The van der Waals surface area contributed by atoms with Gasteiger partial charge in [0.25, 0.3) is 5.91 Å². The lowest BCUT2D eigenvalue weighted by atomic mass is 9.94. The largest absolute Gasteiger partial charge is 0.481 e. The van der Waals surface area contributed by atoms with Gasteiger partial charge in [0.1, 0.15) is 54.8 Å². The molecule has 0 saturated carbocycles.